The molecular weight excluding hydrogens is 195 g/mol. The van der Waals surface area contributed by atoms with Crippen molar-refractivity contribution in [3.8, 4) is 0 Å². The van der Waals surface area contributed by atoms with Crippen molar-refractivity contribution in [3.05, 3.63) is 0 Å². The van der Waals surface area contributed by atoms with Crippen LogP contribution >= 0.6 is 0 Å². The van der Waals surface area contributed by atoms with Gasteiger partial charge in [0.2, 0.25) is 5.91 Å². The lowest BCUT2D eigenvalue weighted by Gasteiger charge is -2.32. The Balaban J connectivity index is 2.67. The molecule has 82 valence electrons. The van der Waals surface area contributed by atoms with Crippen LogP contribution in [0.2, 0.25) is 0 Å². The van der Waals surface area contributed by atoms with E-state index in [1.54, 1.807) is 13.8 Å². The van der Waals surface area contributed by atoms with Crippen molar-refractivity contribution < 1.29 is 18.0 Å². The van der Waals surface area contributed by atoms with Crippen molar-refractivity contribution in [3.63, 3.8) is 0 Å². The summed E-state index contributed by atoms with van der Waals surface area (Å²) in [6.45, 7) is 3.26. The van der Waals surface area contributed by atoms with Gasteiger partial charge in [0.05, 0.1) is 5.92 Å². The largest absolute Gasteiger partial charge is 0.393 e. The van der Waals surface area contributed by atoms with E-state index in [1.165, 1.54) is 0 Å². The van der Waals surface area contributed by atoms with E-state index in [9.17, 15) is 18.0 Å². The van der Waals surface area contributed by atoms with Crippen LogP contribution in [-0.2, 0) is 4.79 Å². The third-order valence-electron chi connectivity index (χ3n) is 2.67. The van der Waals surface area contributed by atoms with Crippen molar-refractivity contribution in [1.82, 2.24) is 5.32 Å². The maximum Gasteiger partial charge on any atom is 0.393 e. The third-order valence-corrected chi connectivity index (χ3v) is 2.67. The van der Waals surface area contributed by atoms with Crippen molar-refractivity contribution in [1.29, 1.82) is 0 Å². The molecule has 0 aromatic rings. The molecule has 1 N–H and O–H groups in total. The molecule has 1 aliphatic heterocycles. The summed E-state index contributed by atoms with van der Waals surface area (Å²) in [6, 6.07) is 0. The summed E-state index contributed by atoms with van der Waals surface area (Å²) in [6.07, 6.45) is -4.27. The number of amides is 1. The Morgan fingerprint density at radius 1 is 1.43 bits per heavy atom. The summed E-state index contributed by atoms with van der Waals surface area (Å²) >= 11 is 0. The second-order valence-corrected chi connectivity index (χ2v) is 4.07. The first-order valence-electron chi connectivity index (χ1n) is 4.66. The van der Waals surface area contributed by atoms with E-state index >= 15 is 0 Å². The van der Waals surface area contributed by atoms with Gasteiger partial charge in [-0.1, -0.05) is 13.8 Å². The summed E-state index contributed by atoms with van der Waals surface area (Å²) in [4.78, 5) is 11.2. The zero-order chi connectivity index (χ0) is 10.9. The molecule has 2 unspecified atom stereocenters. The van der Waals surface area contributed by atoms with E-state index in [2.05, 4.69) is 5.32 Å². The van der Waals surface area contributed by atoms with Gasteiger partial charge in [0.1, 0.15) is 0 Å². The molecule has 1 heterocycles. The highest BCUT2D eigenvalue weighted by atomic mass is 19.4. The monoisotopic (exact) mass is 209 g/mol. The zero-order valence-corrected chi connectivity index (χ0v) is 8.19. The molecule has 2 atom stereocenters. The lowest BCUT2D eigenvalue weighted by atomic mass is 9.82. The van der Waals surface area contributed by atoms with Crippen LogP contribution in [0.3, 0.4) is 0 Å². The molecule has 0 spiro atoms. The van der Waals surface area contributed by atoms with E-state index in [0.29, 0.717) is 0 Å². The molecule has 1 aliphatic rings. The van der Waals surface area contributed by atoms with Gasteiger partial charge in [0.15, 0.2) is 0 Å². The predicted octanol–water partition coefficient (Wildman–Crippen LogP) is 1.96. The topological polar surface area (TPSA) is 29.1 Å². The van der Waals surface area contributed by atoms with Crippen LogP contribution in [0.4, 0.5) is 13.2 Å². The van der Waals surface area contributed by atoms with E-state index in [1.807, 2.05) is 0 Å². The zero-order valence-electron chi connectivity index (χ0n) is 8.19. The molecule has 1 rings (SSSR count). The molecule has 14 heavy (non-hydrogen) atoms. The number of rotatable bonds is 1. The van der Waals surface area contributed by atoms with Gasteiger partial charge in [-0.3, -0.25) is 4.79 Å². The first-order valence-corrected chi connectivity index (χ1v) is 4.66. The summed E-state index contributed by atoms with van der Waals surface area (Å²) < 4.78 is 37.1. The van der Waals surface area contributed by atoms with Crippen LogP contribution in [0, 0.1) is 17.8 Å². The van der Waals surface area contributed by atoms with Gasteiger partial charge in [-0.05, 0) is 12.3 Å². The molecule has 0 bridgehead atoms. The highest BCUT2D eigenvalue weighted by Gasteiger charge is 2.45. The van der Waals surface area contributed by atoms with Gasteiger partial charge in [-0.15, -0.1) is 0 Å². The summed E-state index contributed by atoms with van der Waals surface area (Å²) in [5, 5.41) is 2.31. The van der Waals surface area contributed by atoms with Crippen molar-refractivity contribution in [2.75, 3.05) is 6.54 Å². The summed E-state index contributed by atoms with van der Waals surface area (Å²) in [5.74, 6) is -2.18. The molecule has 0 aliphatic carbocycles. The van der Waals surface area contributed by atoms with Crippen molar-refractivity contribution in [2.45, 2.75) is 26.4 Å². The highest BCUT2D eigenvalue weighted by molar-refractivity contribution is 5.79. The van der Waals surface area contributed by atoms with Crippen LogP contribution in [0.5, 0.6) is 0 Å². The Hall–Kier alpha value is -0.740. The smallest absolute Gasteiger partial charge is 0.355 e. The van der Waals surface area contributed by atoms with Crippen LogP contribution in [-0.4, -0.2) is 18.6 Å². The quantitative estimate of drug-likeness (QED) is 0.702. The maximum absolute atomic E-state index is 12.4. The average Bonchev–Trinajstić information content (AvgIpc) is 2.02. The predicted molar refractivity (Wildman–Crippen MR) is 45.5 cm³/mol. The van der Waals surface area contributed by atoms with Crippen LogP contribution < -0.4 is 5.32 Å². The van der Waals surface area contributed by atoms with Gasteiger partial charge in [-0.2, -0.15) is 13.2 Å². The van der Waals surface area contributed by atoms with Gasteiger partial charge >= 0.3 is 6.18 Å². The van der Waals surface area contributed by atoms with Gasteiger partial charge in [0, 0.05) is 12.5 Å². The lowest BCUT2D eigenvalue weighted by Crippen LogP contribution is -2.47. The minimum absolute atomic E-state index is 0.0415. The second kappa shape index (κ2) is 3.79. The van der Waals surface area contributed by atoms with Gasteiger partial charge in [-0.25, -0.2) is 0 Å². The van der Waals surface area contributed by atoms with E-state index in [4.69, 9.17) is 0 Å². The average molecular weight is 209 g/mol. The SMILES string of the molecule is CC(C)C1CC(C(F)(F)F)CNC1=O. The minimum atomic E-state index is -4.19. The Bertz CT molecular complexity index is 225. The van der Waals surface area contributed by atoms with Gasteiger partial charge in [0.25, 0.3) is 0 Å². The molecular formula is C9H14F3NO. The Kier molecular flexibility index (Phi) is 3.07. The van der Waals surface area contributed by atoms with Crippen LogP contribution in [0.15, 0.2) is 0 Å². The molecule has 2 nitrogen and oxygen atoms in total. The van der Waals surface area contributed by atoms with E-state index < -0.39 is 18.0 Å². The first-order chi connectivity index (χ1) is 6.32. The number of carbonyl (C=O) groups excluding carboxylic acids is 1. The third kappa shape index (κ3) is 2.39. The Morgan fingerprint density at radius 2 is 2.00 bits per heavy atom. The number of nitrogens with one attached hydrogen (secondary N) is 1. The van der Waals surface area contributed by atoms with Crippen molar-refractivity contribution >= 4 is 5.91 Å². The molecule has 1 amide bonds. The van der Waals surface area contributed by atoms with E-state index in [0.717, 1.165) is 0 Å². The number of halogens is 3. The molecule has 5 heteroatoms. The number of alkyl halides is 3. The summed E-state index contributed by atoms with van der Waals surface area (Å²) in [5.41, 5.74) is 0. The standard InChI is InChI=1S/C9H14F3NO/c1-5(2)7-3-6(9(10,11)12)4-13-8(7)14/h5-7H,3-4H2,1-2H3,(H,13,14). The fraction of sp³-hybridized carbons (Fsp3) is 0.889. The Labute approximate surface area is 80.9 Å². The highest BCUT2D eigenvalue weighted by Crippen LogP contribution is 2.35. The van der Waals surface area contributed by atoms with E-state index in [-0.39, 0.29) is 24.8 Å². The van der Waals surface area contributed by atoms with Crippen LogP contribution in [0.1, 0.15) is 20.3 Å². The molecule has 1 saturated heterocycles. The van der Waals surface area contributed by atoms with Crippen LogP contribution in [0.25, 0.3) is 0 Å². The molecule has 0 saturated carbocycles. The number of piperidine rings is 1. The number of hydrogen-bond acceptors (Lipinski definition) is 1. The molecule has 0 radical (unpaired) electrons. The second-order valence-electron chi connectivity index (χ2n) is 4.07. The Morgan fingerprint density at radius 3 is 2.43 bits per heavy atom. The van der Waals surface area contributed by atoms with Crippen molar-refractivity contribution in [2.24, 2.45) is 17.8 Å². The minimum Gasteiger partial charge on any atom is -0.355 e. The first kappa shape index (κ1) is 11.3. The normalized spacial score (nSPS) is 29.1. The number of carbonyl (C=O) groups is 1. The van der Waals surface area contributed by atoms with Gasteiger partial charge < -0.3 is 5.32 Å². The number of hydrogen-bond donors (Lipinski definition) is 1. The molecule has 0 aromatic heterocycles. The maximum atomic E-state index is 12.4. The lowest BCUT2D eigenvalue weighted by molar-refractivity contribution is -0.184. The summed E-state index contributed by atoms with van der Waals surface area (Å²) in [7, 11) is 0. The molecule has 1 fully saturated rings. The fourth-order valence-electron chi connectivity index (χ4n) is 1.68. The fourth-order valence-corrected chi connectivity index (χ4v) is 1.68. The molecule has 0 aromatic carbocycles.